The van der Waals surface area contributed by atoms with Crippen molar-refractivity contribution in [3.63, 3.8) is 0 Å². The quantitative estimate of drug-likeness (QED) is 0.802. The van der Waals surface area contributed by atoms with Crippen LogP contribution >= 0.6 is 11.6 Å². The molecule has 1 atom stereocenters. The van der Waals surface area contributed by atoms with Gasteiger partial charge in [-0.3, -0.25) is 4.79 Å². The Morgan fingerprint density at radius 3 is 2.74 bits per heavy atom. The molecule has 0 saturated carbocycles. The van der Waals surface area contributed by atoms with Crippen LogP contribution in [0.15, 0.2) is 18.2 Å². The normalized spacial score (nSPS) is 12.0. The van der Waals surface area contributed by atoms with Gasteiger partial charge < -0.3 is 20.1 Å². The van der Waals surface area contributed by atoms with Gasteiger partial charge in [-0.25, -0.2) is 0 Å². The molecule has 19 heavy (non-hydrogen) atoms. The highest BCUT2D eigenvalue weighted by molar-refractivity contribution is 6.31. The van der Waals surface area contributed by atoms with E-state index in [1.807, 2.05) is 0 Å². The summed E-state index contributed by atoms with van der Waals surface area (Å²) in [5.41, 5.74) is 1.23. The van der Waals surface area contributed by atoms with Gasteiger partial charge in [0, 0.05) is 38.5 Å². The zero-order chi connectivity index (χ0) is 14.3. The number of anilines is 1. The Bertz CT molecular complexity index is 426. The van der Waals surface area contributed by atoms with Crippen molar-refractivity contribution >= 4 is 23.2 Å². The molecule has 0 aromatic heterocycles. The molecule has 0 heterocycles. The number of ether oxygens (including phenoxy) is 2. The number of carbonyl (C=O) groups is 1. The Morgan fingerprint density at radius 2 is 2.16 bits per heavy atom. The standard InChI is InChI=1S/C13H19ClN2O3/c1-15-12-5-4-9(14)6-11(12)13(17)16-7-10(19-3)8-18-2/h4-6,10,15H,7-8H2,1-3H3,(H,16,17). The van der Waals surface area contributed by atoms with Crippen LogP contribution in [0.5, 0.6) is 0 Å². The predicted molar refractivity (Wildman–Crippen MR) is 76.0 cm³/mol. The van der Waals surface area contributed by atoms with E-state index in [4.69, 9.17) is 21.1 Å². The van der Waals surface area contributed by atoms with E-state index in [1.54, 1.807) is 39.5 Å². The highest BCUT2D eigenvalue weighted by Gasteiger charge is 2.14. The van der Waals surface area contributed by atoms with Gasteiger partial charge in [-0.15, -0.1) is 0 Å². The maximum absolute atomic E-state index is 12.1. The van der Waals surface area contributed by atoms with E-state index in [9.17, 15) is 4.79 Å². The smallest absolute Gasteiger partial charge is 0.253 e. The number of hydrogen-bond donors (Lipinski definition) is 2. The maximum atomic E-state index is 12.1. The van der Waals surface area contributed by atoms with Crippen LogP contribution < -0.4 is 10.6 Å². The first-order valence-corrected chi connectivity index (χ1v) is 6.27. The molecule has 1 unspecified atom stereocenters. The number of rotatable bonds is 7. The highest BCUT2D eigenvalue weighted by Crippen LogP contribution is 2.20. The molecule has 5 nitrogen and oxygen atoms in total. The highest BCUT2D eigenvalue weighted by atomic mass is 35.5. The first kappa shape index (κ1) is 15.8. The molecule has 6 heteroatoms. The van der Waals surface area contributed by atoms with Crippen LogP contribution in [0.25, 0.3) is 0 Å². The number of methoxy groups -OCH3 is 2. The second-order valence-corrected chi connectivity index (χ2v) is 4.40. The lowest BCUT2D eigenvalue weighted by atomic mass is 10.1. The molecule has 0 bridgehead atoms. The lowest BCUT2D eigenvalue weighted by Gasteiger charge is -2.16. The zero-order valence-corrected chi connectivity index (χ0v) is 12.1. The van der Waals surface area contributed by atoms with Crippen LogP contribution in [0.4, 0.5) is 5.69 Å². The van der Waals surface area contributed by atoms with Crippen LogP contribution in [0.2, 0.25) is 5.02 Å². The van der Waals surface area contributed by atoms with E-state index in [0.29, 0.717) is 23.7 Å². The van der Waals surface area contributed by atoms with Gasteiger partial charge in [0.05, 0.1) is 18.3 Å². The van der Waals surface area contributed by atoms with E-state index in [0.717, 1.165) is 5.69 Å². The van der Waals surface area contributed by atoms with Crippen molar-refractivity contribution in [1.82, 2.24) is 5.32 Å². The van der Waals surface area contributed by atoms with Crippen molar-refractivity contribution in [2.45, 2.75) is 6.10 Å². The molecular formula is C13H19ClN2O3. The second kappa shape index (κ2) is 7.99. The summed E-state index contributed by atoms with van der Waals surface area (Å²) < 4.78 is 10.2. The summed E-state index contributed by atoms with van der Waals surface area (Å²) in [6.45, 7) is 0.796. The maximum Gasteiger partial charge on any atom is 0.253 e. The van der Waals surface area contributed by atoms with Gasteiger partial charge in [-0.2, -0.15) is 0 Å². The average molecular weight is 287 g/mol. The minimum absolute atomic E-state index is 0.175. The van der Waals surface area contributed by atoms with Crippen molar-refractivity contribution in [1.29, 1.82) is 0 Å². The van der Waals surface area contributed by atoms with Gasteiger partial charge >= 0.3 is 0 Å². The van der Waals surface area contributed by atoms with Crippen molar-refractivity contribution in [2.24, 2.45) is 0 Å². The number of benzene rings is 1. The molecule has 0 radical (unpaired) electrons. The third-order valence-electron chi connectivity index (χ3n) is 2.67. The molecule has 0 aliphatic heterocycles. The molecule has 1 aromatic rings. The minimum Gasteiger partial charge on any atom is -0.387 e. The van der Waals surface area contributed by atoms with Gasteiger partial charge in [0.2, 0.25) is 0 Å². The van der Waals surface area contributed by atoms with Gasteiger partial charge in [0.25, 0.3) is 5.91 Å². The Hall–Kier alpha value is -1.30. The first-order chi connectivity index (χ1) is 9.12. The van der Waals surface area contributed by atoms with Crippen LogP contribution in [0.1, 0.15) is 10.4 Å². The van der Waals surface area contributed by atoms with Crippen LogP contribution in [-0.2, 0) is 9.47 Å². The van der Waals surface area contributed by atoms with E-state index in [1.165, 1.54) is 0 Å². The van der Waals surface area contributed by atoms with E-state index < -0.39 is 0 Å². The SMILES string of the molecule is CNc1ccc(Cl)cc1C(=O)NCC(COC)OC. The Kier molecular flexibility index (Phi) is 6.62. The third-order valence-corrected chi connectivity index (χ3v) is 2.91. The summed E-state index contributed by atoms with van der Waals surface area (Å²) in [4.78, 5) is 12.1. The Balaban J connectivity index is 2.69. The van der Waals surface area contributed by atoms with Gasteiger partial charge in [-0.1, -0.05) is 11.6 Å². The van der Waals surface area contributed by atoms with Crippen molar-refractivity contribution in [3.8, 4) is 0 Å². The molecule has 0 fully saturated rings. The molecule has 0 saturated heterocycles. The fourth-order valence-electron chi connectivity index (χ4n) is 1.62. The zero-order valence-electron chi connectivity index (χ0n) is 11.3. The summed E-state index contributed by atoms with van der Waals surface area (Å²) in [5.74, 6) is -0.204. The third kappa shape index (κ3) is 4.70. The number of carbonyl (C=O) groups excluding carboxylic acids is 1. The fourth-order valence-corrected chi connectivity index (χ4v) is 1.79. The molecule has 0 spiro atoms. The lowest BCUT2D eigenvalue weighted by molar-refractivity contribution is 0.0285. The summed E-state index contributed by atoms with van der Waals surface area (Å²) in [6, 6.07) is 5.12. The number of nitrogens with one attached hydrogen (secondary N) is 2. The summed E-state index contributed by atoms with van der Waals surface area (Å²) >= 11 is 5.91. The largest absolute Gasteiger partial charge is 0.387 e. The topological polar surface area (TPSA) is 59.6 Å². The van der Waals surface area contributed by atoms with Crippen molar-refractivity contribution in [2.75, 3.05) is 39.7 Å². The van der Waals surface area contributed by atoms with Crippen molar-refractivity contribution in [3.05, 3.63) is 28.8 Å². The van der Waals surface area contributed by atoms with Gasteiger partial charge in [0.1, 0.15) is 0 Å². The Labute approximate surface area is 118 Å². The molecule has 1 rings (SSSR count). The molecular weight excluding hydrogens is 268 g/mol. The van der Waals surface area contributed by atoms with Crippen LogP contribution in [0.3, 0.4) is 0 Å². The van der Waals surface area contributed by atoms with E-state index >= 15 is 0 Å². The molecule has 106 valence electrons. The van der Waals surface area contributed by atoms with Gasteiger partial charge in [-0.05, 0) is 18.2 Å². The number of hydrogen-bond acceptors (Lipinski definition) is 4. The summed E-state index contributed by atoms with van der Waals surface area (Å²) in [7, 11) is 4.92. The molecule has 0 aliphatic carbocycles. The van der Waals surface area contributed by atoms with Crippen LogP contribution in [-0.4, -0.2) is 46.4 Å². The van der Waals surface area contributed by atoms with E-state index in [-0.39, 0.29) is 12.0 Å². The summed E-state index contributed by atoms with van der Waals surface area (Å²) in [5, 5.41) is 6.27. The predicted octanol–water partition coefficient (Wildman–Crippen LogP) is 1.77. The molecule has 0 aliphatic rings. The van der Waals surface area contributed by atoms with E-state index in [2.05, 4.69) is 10.6 Å². The molecule has 1 aromatic carbocycles. The lowest BCUT2D eigenvalue weighted by Crippen LogP contribution is -2.35. The summed E-state index contributed by atoms with van der Waals surface area (Å²) in [6.07, 6.45) is -0.175. The fraction of sp³-hybridized carbons (Fsp3) is 0.462. The monoisotopic (exact) mass is 286 g/mol. The van der Waals surface area contributed by atoms with Crippen LogP contribution in [0, 0.1) is 0 Å². The minimum atomic E-state index is -0.204. The molecule has 2 N–H and O–H groups in total. The van der Waals surface area contributed by atoms with Gasteiger partial charge in [0.15, 0.2) is 0 Å². The average Bonchev–Trinajstić information content (AvgIpc) is 2.43. The number of amides is 1. The second-order valence-electron chi connectivity index (χ2n) is 3.96. The Morgan fingerprint density at radius 1 is 1.42 bits per heavy atom. The molecule has 1 amide bonds. The first-order valence-electron chi connectivity index (χ1n) is 5.89. The number of halogens is 1. The van der Waals surface area contributed by atoms with Crippen molar-refractivity contribution < 1.29 is 14.3 Å².